The number of amides is 2. The molecule has 2 unspecified atom stereocenters. The summed E-state index contributed by atoms with van der Waals surface area (Å²) in [4.78, 5) is 29.4. The number of morpholine rings is 1. The van der Waals surface area contributed by atoms with Crippen molar-refractivity contribution >= 4 is 11.8 Å². The Kier molecular flexibility index (Phi) is 7.61. The van der Waals surface area contributed by atoms with Crippen molar-refractivity contribution in [2.45, 2.75) is 32.7 Å². The molecule has 0 saturated carbocycles. The van der Waals surface area contributed by atoms with Gasteiger partial charge in [-0.2, -0.15) is 0 Å². The van der Waals surface area contributed by atoms with E-state index < -0.39 is 0 Å². The van der Waals surface area contributed by atoms with Gasteiger partial charge >= 0.3 is 0 Å². The summed E-state index contributed by atoms with van der Waals surface area (Å²) in [7, 11) is 0. The average molecular weight is 406 g/mol. The van der Waals surface area contributed by atoms with Crippen molar-refractivity contribution in [3.05, 3.63) is 35.6 Å². The quantitative estimate of drug-likeness (QED) is 0.788. The van der Waals surface area contributed by atoms with E-state index in [1.165, 1.54) is 12.1 Å². The van der Waals surface area contributed by atoms with Crippen LogP contribution < -0.4 is 5.32 Å². The van der Waals surface area contributed by atoms with Crippen molar-refractivity contribution in [2.75, 3.05) is 45.9 Å². The Labute approximate surface area is 172 Å². The van der Waals surface area contributed by atoms with Crippen molar-refractivity contribution in [3.63, 3.8) is 0 Å². The molecule has 1 N–H and O–H groups in total. The van der Waals surface area contributed by atoms with Crippen molar-refractivity contribution < 1.29 is 18.7 Å². The Balaban J connectivity index is 1.54. The summed E-state index contributed by atoms with van der Waals surface area (Å²) in [6, 6.07) is 6.11. The topological polar surface area (TPSA) is 61.9 Å². The summed E-state index contributed by atoms with van der Waals surface area (Å²) < 4.78 is 18.6. The zero-order chi connectivity index (χ0) is 20.8. The minimum Gasteiger partial charge on any atom is -0.378 e. The van der Waals surface area contributed by atoms with Gasteiger partial charge in [0.1, 0.15) is 5.82 Å². The van der Waals surface area contributed by atoms with Gasteiger partial charge in [0.25, 0.3) is 0 Å². The zero-order valence-electron chi connectivity index (χ0n) is 17.4. The molecular weight excluding hydrogens is 373 g/mol. The van der Waals surface area contributed by atoms with E-state index in [-0.39, 0.29) is 42.1 Å². The van der Waals surface area contributed by atoms with Crippen LogP contribution in [0.3, 0.4) is 0 Å². The third-order valence-corrected chi connectivity index (χ3v) is 5.76. The molecule has 2 amide bonds. The molecule has 1 aromatic carbocycles. The van der Waals surface area contributed by atoms with Gasteiger partial charge in [0.05, 0.1) is 31.7 Å². The lowest BCUT2D eigenvalue weighted by molar-refractivity contribution is -0.142. The Morgan fingerprint density at radius 3 is 2.52 bits per heavy atom. The summed E-state index contributed by atoms with van der Waals surface area (Å²) in [5.41, 5.74) is 0.897. The molecule has 0 aliphatic carbocycles. The third-order valence-electron chi connectivity index (χ3n) is 5.76. The number of carbonyl (C=O) groups excluding carboxylic acids is 2. The standard InChI is InChI=1S/C22H32FN3O3/c1-16(2)21(17-5-7-19(23)8-6-17)24-20(27)15-25-9-3-4-18(14-25)22(28)26-10-12-29-13-11-26/h5-8,16,18,21H,3-4,9-15H2,1-2H3,(H,24,27). The van der Waals surface area contributed by atoms with Crippen molar-refractivity contribution in [1.82, 2.24) is 15.1 Å². The minimum absolute atomic E-state index is 0.0485. The van der Waals surface area contributed by atoms with Gasteiger partial charge in [-0.1, -0.05) is 26.0 Å². The maximum absolute atomic E-state index is 13.2. The van der Waals surface area contributed by atoms with Gasteiger partial charge in [-0.05, 0) is 43.0 Å². The second-order valence-corrected chi connectivity index (χ2v) is 8.35. The first kappa shape index (κ1) is 21.7. The number of likely N-dealkylation sites (tertiary alicyclic amines) is 1. The molecule has 29 heavy (non-hydrogen) atoms. The molecule has 2 fully saturated rings. The highest BCUT2D eigenvalue weighted by Crippen LogP contribution is 2.23. The smallest absolute Gasteiger partial charge is 0.234 e. The monoisotopic (exact) mass is 405 g/mol. The first-order valence-corrected chi connectivity index (χ1v) is 10.6. The maximum Gasteiger partial charge on any atom is 0.234 e. The van der Waals surface area contributed by atoms with Crippen LogP contribution in [0.4, 0.5) is 4.39 Å². The highest BCUT2D eigenvalue weighted by Gasteiger charge is 2.31. The van der Waals surface area contributed by atoms with Crippen LogP contribution in [-0.4, -0.2) is 67.6 Å². The van der Waals surface area contributed by atoms with E-state index in [1.54, 1.807) is 12.1 Å². The number of halogens is 1. The van der Waals surface area contributed by atoms with Crippen molar-refractivity contribution in [3.8, 4) is 0 Å². The molecule has 2 saturated heterocycles. The van der Waals surface area contributed by atoms with Gasteiger partial charge in [-0.15, -0.1) is 0 Å². The molecule has 2 heterocycles. The van der Waals surface area contributed by atoms with Gasteiger partial charge in [-0.25, -0.2) is 4.39 Å². The lowest BCUT2D eigenvalue weighted by Gasteiger charge is -2.36. The molecule has 2 atom stereocenters. The highest BCUT2D eigenvalue weighted by molar-refractivity contribution is 5.80. The van der Waals surface area contributed by atoms with E-state index in [1.807, 2.05) is 18.7 Å². The molecule has 0 spiro atoms. The fraction of sp³-hybridized carbons (Fsp3) is 0.636. The molecule has 2 aliphatic rings. The van der Waals surface area contributed by atoms with Crippen LogP contribution in [0, 0.1) is 17.7 Å². The largest absolute Gasteiger partial charge is 0.378 e. The number of nitrogens with one attached hydrogen (secondary N) is 1. The predicted octanol–water partition coefficient (Wildman–Crippen LogP) is 2.21. The van der Waals surface area contributed by atoms with Gasteiger partial charge in [0.2, 0.25) is 11.8 Å². The number of rotatable bonds is 6. The number of carbonyl (C=O) groups is 2. The normalized spacial score (nSPS) is 21.8. The first-order chi connectivity index (χ1) is 13.9. The summed E-state index contributed by atoms with van der Waals surface area (Å²) in [6.07, 6.45) is 1.79. The molecule has 2 aliphatic heterocycles. The van der Waals surface area contributed by atoms with Crippen LogP contribution in [0.5, 0.6) is 0 Å². The fourth-order valence-electron chi connectivity index (χ4n) is 4.17. The average Bonchev–Trinajstić information content (AvgIpc) is 2.73. The number of piperidine rings is 1. The lowest BCUT2D eigenvalue weighted by Crippen LogP contribution is -2.50. The highest BCUT2D eigenvalue weighted by atomic mass is 19.1. The van der Waals surface area contributed by atoms with Gasteiger partial charge < -0.3 is 15.0 Å². The number of benzene rings is 1. The van der Waals surface area contributed by atoms with Gasteiger partial charge in [0, 0.05) is 19.6 Å². The van der Waals surface area contributed by atoms with E-state index in [2.05, 4.69) is 10.2 Å². The van der Waals surface area contributed by atoms with E-state index in [9.17, 15) is 14.0 Å². The Morgan fingerprint density at radius 1 is 1.17 bits per heavy atom. The molecule has 0 radical (unpaired) electrons. The molecule has 0 bridgehead atoms. The summed E-state index contributed by atoms with van der Waals surface area (Å²) >= 11 is 0. The maximum atomic E-state index is 13.2. The van der Waals surface area contributed by atoms with Gasteiger partial charge in [0.15, 0.2) is 0 Å². The number of hydrogen-bond acceptors (Lipinski definition) is 4. The SMILES string of the molecule is CC(C)C(NC(=O)CN1CCCC(C(=O)N2CCOCC2)C1)c1ccc(F)cc1. The minimum atomic E-state index is -0.285. The van der Waals surface area contributed by atoms with E-state index in [0.29, 0.717) is 32.8 Å². The van der Waals surface area contributed by atoms with Gasteiger partial charge in [-0.3, -0.25) is 14.5 Å². The fourth-order valence-corrected chi connectivity index (χ4v) is 4.17. The van der Waals surface area contributed by atoms with E-state index in [0.717, 1.165) is 24.9 Å². The van der Waals surface area contributed by atoms with E-state index in [4.69, 9.17) is 4.74 Å². The zero-order valence-corrected chi connectivity index (χ0v) is 17.4. The van der Waals surface area contributed by atoms with Crippen molar-refractivity contribution in [2.24, 2.45) is 11.8 Å². The second-order valence-electron chi connectivity index (χ2n) is 8.35. The molecule has 160 valence electrons. The Bertz CT molecular complexity index is 689. The molecule has 6 nitrogen and oxygen atoms in total. The Hall–Kier alpha value is -1.99. The Morgan fingerprint density at radius 2 is 1.86 bits per heavy atom. The van der Waals surface area contributed by atoms with Crippen LogP contribution in [-0.2, 0) is 14.3 Å². The summed E-state index contributed by atoms with van der Waals surface area (Å²) in [6.45, 7) is 8.30. The predicted molar refractivity (Wildman–Crippen MR) is 109 cm³/mol. The summed E-state index contributed by atoms with van der Waals surface area (Å²) in [5, 5.41) is 3.09. The second kappa shape index (κ2) is 10.2. The number of ether oxygens (including phenoxy) is 1. The van der Waals surface area contributed by atoms with Crippen LogP contribution in [0.2, 0.25) is 0 Å². The molecule has 1 aromatic rings. The van der Waals surface area contributed by atoms with Crippen LogP contribution in [0.15, 0.2) is 24.3 Å². The van der Waals surface area contributed by atoms with E-state index >= 15 is 0 Å². The van der Waals surface area contributed by atoms with Crippen LogP contribution >= 0.6 is 0 Å². The molecular formula is C22H32FN3O3. The lowest BCUT2D eigenvalue weighted by atomic mass is 9.95. The number of nitrogens with zero attached hydrogens (tertiary/aromatic N) is 2. The third kappa shape index (κ3) is 6.00. The summed E-state index contributed by atoms with van der Waals surface area (Å²) in [5.74, 6) is -0.0294. The molecule has 3 rings (SSSR count). The van der Waals surface area contributed by atoms with Crippen LogP contribution in [0.1, 0.15) is 38.3 Å². The van der Waals surface area contributed by atoms with Crippen molar-refractivity contribution in [1.29, 1.82) is 0 Å². The number of hydrogen-bond donors (Lipinski definition) is 1. The molecule has 0 aromatic heterocycles. The first-order valence-electron chi connectivity index (χ1n) is 10.6. The van der Waals surface area contributed by atoms with Crippen LogP contribution in [0.25, 0.3) is 0 Å². The molecule has 7 heteroatoms.